The van der Waals surface area contributed by atoms with Crippen molar-refractivity contribution in [1.29, 1.82) is 0 Å². The summed E-state index contributed by atoms with van der Waals surface area (Å²) in [7, 11) is 1.91. The van der Waals surface area contributed by atoms with Gasteiger partial charge in [-0.15, -0.1) is 0 Å². The molecule has 0 aliphatic carbocycles. The van der Waals surface area contributed by atoms with Crippen molar-refractivity contribution in [3.8, 4) is 5.75 Å². The summed E-state index contributed by atoms with van der Waals surface area (Å²) in [5, 5.41) is 3.22. The highest BCUT2D eigenvalue weighted by molar-refractivity contribution is 7.80. The fourth-order valence-electron chi connectivity index (χ4n) is 1.72. The van der Waals surface area contributed by atoms with E-state index in [1.807, 2.05) is 13.1 Å². The second-order valence-corrected chi connectivity index (χ2v) is 4.03. The summed E-state index contributed by atoms with van der Waals surface area (Å²) in [5.74, 6) is 1.04. The lowest BCUT2D eigenvalue weighted by Gasteiger charge is -2.19. The van der Waals surface area contributed by atoms with Gasteiger partial charge in [-0.05, 0) is 43.1 Å². The van der Waals surface area contributed by atoms with Crippen LogP contribution in [0.1, 0.15) is 22.9 Å². The van der Waals surface area contributed by atoms with Crippen molar-refractivity contribution in [2.45, 2.75) is 18.2 Å². The van der Waals surface area contributed by atoms with E-state index < -0.39 is 0 Å². The highest BCUT2D eigenvalue weighted by Crippen LogP contribution is 2.28. The van der Waals surface area contributed by atoms with Crippen molar-refractivity contribution in [1.82, 2.24) is 5.32 Å². The molecule has 1 aromatic rings. The maximum Gasteiger partial charge on any atom is 0.122 e. The predicted octanol–water partition coefficient (Wildman–Crippen LogP) is 2.16. The highest BCUT2D eigenvalue weighted by atomic mass is 32.1. The largest absolute Gasteiger partial charge is 0.493 e. The third kappa shape index (κ3) is 1.88. The van der Waals surface area contributed by atoms with Gasteiger partial charge in [0, 0.05) is 0 Å². The summed E-state index contributed by atoms with van der Waals surface area (Å²) in [6.07, 6.45) is 2.24. The molecular formula is C11H15NOS. The Morgan fingerprint density at radius 1 is 1.50 bits per heavy atom. The molecule has 0 saturated carbocycles. The Balaban J connectivity index is 2.29. The van der Waals surface area contributed by atoms with Crippen molar-refractivity contribution < 1.29 is 4.74 Å². The molecule has 0 spiro atoms. The van der Waals surface area contributed by atoms with Gasteiger partial charge in [-0.2, -0.15) is 12.6 Å². The van der Waals surface area contributed by atoms with Crippen LogP contribution in [0.3, 0.4) is 0 Å². The molecule has 1 aromatic carbocycles. The van der Waals surface area contributed by atoms with Crippen LogP contribution in [0.25, 0.3) is 0 Å². The standard InChI is InChI=1S/C11H15NOS/c1-12-11(14)9-4-5-10-8(7-9)3-2-6-13-10/h4-5,7,11-12,14H,2-3,6H2,1H3. The second-order valence-electron chi connectivity index (χ2n) is 3.51. The molecule has 0 saturated heterocycles. The third-order valence-corrected chi connectivity index (χ3v) is 3.08. The zero-order valence-corrected chi connectivity index (χ0v) is 9.18. The van der Waals surface area contributed by atoms with E-state index in [1.165, 1.54) is 11.1 Å². The van der Waals surface area contributed by atoms with E-state index in [4.69, 9.17) is 4.74 Å². The van der Waals surface area contributed by atoms with Crippen LogP contribution in [0.5, 0.6) is 5.75 Å². The maximum absolute atomic E-state index is 5.55. The lowest BCUT2D eigenvalue weighted by molar-refractivity contribution is 0.288. The van der Waals surface area contributed by atoms with Crippen LogP contribution in [0, 0.1) is 0 Å². The van der Waals surface area contributed by atoms with Gasteiger partial charge in [0.15, 0.2) is 0 Å². The normalized spacial score (nSPS) is 17.0. The Kier molecular flexibility index (Phi) is 2.99. The van der Waals surface area contributed by atoms with Crippen LogP contribution in [-0.4, -0.2) is 13.7 Å². The molecule has 1 heterocycles. The van der Waals surface area contributed by atoms with Crippen LogP contribution >= 0.6 is 12.6 Å². The van der Waals surface area contributed by atoms with Crippen LogP contribution in [0.2, 0.25) is 0 Å². The van der Waals surface area contributed by atoms with Gasteiger partial charge < -0.3 is 10.1 Å². The lowest BCUT2D eigenvalue weighted by Crippen LogP contribution is -2.12. The minimum atomic E-state index is 0.113. The SMILES string of the molecule is CNC(S)c1ccc2c(c1)CCCO2. The zero-order chi connectivity index (χ0) is 9.97. The number of nitrogens with one attached hydrogen (secondary N) is 1. The van der Waals surface area contributed by atoms with Crippen molar-refractivity contribution in [2.75, 3.05) is 13.7 Å². The molecule has 1 N–H and O–H groups in total. The summed E-state index contributed by atoms with van der Waals surface area (Å²) in [5.41, 5.74) is 2.52. The van der Waals surface area contributed by atoms with E-state index in [1.54, 1.807) is 0 Å². The van der Waals surface area contributed by atoms with Crippen LogP contribution in [0.15, 0.2) is 18.2 Å². The first kappa shape index (κ1) is 9.87. The number of rotatable bonds is 2. The van der Waals surface area contributed by atoms with Gasteiger partial charge in [0.25, 0.3) is 0 Å². The molecule has 0 radical (unpaired) electrons. The predicted molar refractivity (Wildman–Crippen MR) is 61.0 cm³/mol. The van der Waals surface area contributed by atoms with E-state index in [9.17, 15) is 0 Å². The lowest BCUT2D eigenvalue weighted by atomic mass is 10.0. The van der Waals surface area contributed by atoms with Gasteiger partial charge in [-0.1, -0.05) is 6.07 Å². The Morgan fingerprint density at radius 3 is 3.14 bits per heavy atom. The Hall–Kier alpha value is -0.670. The summed E-state index contributed by atoms with van der Waals surface area (Å²) in [6, 6.07) is 6.30. The summed E-state index contributed by atoms with van der Waals surface area (Å²) >= 11 is 4.44. The van der Waals surface area contributed by atoms with Crippen molar-refractivity contribution >= 4 is 12.6 Å². The molecular weight excluding hydrogens is 194 g/mol. The van der Waals surface area contributed by atoms with Crippen molar-refractivity contribution in [2.24, 2.45) is 0 Å². The Labute approximate surface area is 90.1 Å². The number of fused-ring (bicyclic) bond motifs is 1. The minimum absolute atomic E-state index is 0.113. The quantitative estimate of drug-likeness (QED) is 0.575. The number of hydrogen-bond acceptors (Lipinski definition) is 3. The Bertz CT molecular complexity index is 327. The molecule has 76 valence electrons. The van der Waals surface area contributed by atoms with E-state index in [2.05, 4.69) is 30.1 Å². The zero-order valence-electron chi connectivity index (χ0n) is 8.29. The number of benzene rings is 1. The average Bonchev–Trinajstić information content (AvgIpc) is 2.27. The number of ether oxygens (including phenoxy) is 1. The van der Waals surface area contributed by atoms with Crippen LogP contribution in [-0.2, 0) is 6.42 Å². The van der Waals surface area contributed by atoms with Gasteiger partial charge in [-0.25, -0.2) is 0 Å². The molecule has 2 nitrogen and oxygen atoms in total. The fraction of sp³-hybridized carbons (Fsp3) is 0.455. The Morgan fingerprint density at radius 2 is 2.36 bits per heavy atom. The molecule has 0 amide bonds. The van der Waals surface area contributed by atoms with Crippen molar-refractivity contribution in [3.05, 3.63) is 29.3 Å². The molecule has 1 atom stereocenters. The van der Waals surface area contributed by atoms with Crippen molar-refractivity contribution in [3.63, 3.8) is 0 Å². The molecule has 3 heteroatoms. The highest BCUT2D eigenvalue weighted by Gasteiger charge is 2.12. The first-order valence-corrected chi connectivity index (χ1v) is 5.44. The third-order valence-electron chi connectivity index (χ3n) is 2.52. The maximum atomic E-state index is 5.55. The van der Waals surface area contributed by atoms with Gasteiger partial charge in [0.1, 0.15) is 5.75 Å². The smallest absolute Gasteiger partial charge is 0.122 e. The first-order valence-electron chi connectivity index (χ1n) is 4.92. The fourth-order valence-corrected chi connectivity index (χ4v) is 1.88. The molecule has 14 heavy (non-hydrogen) atoms. The van der Waals surface area contributed by atoms with Gasteiger partial charge in [0.2, 0.25) is 0 Å². The second kappa shape index (κ2) is 4.24. The van der Waals surface area contributed by atoms with E-state index in [0.717, 1.165) is 25.2 Å². The molecule has 0 fully saturated rings. The molecule has 0 bridgehead atoms. The average molecular weight is 209 g/mol. The molecule has 2 rings (SSSR count). The minimum Gasteiger partial charge on any atom is -0.493 e. The number of thiol groups is 1. The summed E-state index contributed by atoms with van der Waals surface area (Å²) < 4.78 is 5.55. The van der Waals surface area contributed by atoms with Crippen LogP contribution < -0.4 is 10.1 Å². The topological polar surface area (TPSA) is 21.3 Å². The molecule has 1 aliphatic rings. The first-order chi connectivity index (χ1) is 6.81. The number of hydrogen-bond donors (Lipinski definition) is 2. The molecule has 1 aliphatic heterocycles. The summed E-state index contributed by atoms with van der Waals surface area (Å²) in [6.45, 7) is 0.850. The summed E-state index contributed by atoms with van der Waals surface area (Å²) in [4.78, 5) is 0. The van der Waals surface area contributed by atoms with Crippen LogP contribution in [0.4, 0.5) is 0 Å². The van der Waals surface area contributed by atoms with E-state index in [0.29, 0.717) is 0 Å². The van der Waals surface area contributed by atoms with Gasteiger partial charge in [0.05, 0.1) is 12.0 Å². The van der Waals surface area contributed by atoms with Gasteiger partial charge in [-0.3, -0.25) is 0 Å². The number of aryl methyl sites for hydroxylation is 1. The van der Waals surface area contributed by atoms with E-state index >= 15 is 0 Å². The van der Waals surface area contributed by atoms with Gasteiger partial charge >= 0.3 is 0 Å². The molecule has 0 aromatic heterocycles. The monoisotopic (exact) mass is 209 g/mol. The van der Waals surface area contributed by atoms with E-state index in [-0.39, 0.29) is 5.37 Å². The molecule has 1 unspecified atom stereocenters.